The van der Waals surface area contributed by atoms with Crippen LogP contribution in [0, 0.1) is 5.92 Å². The first-order chi connectivity index (χ1) is 13.4. The standard InChI is InChI=1S/C14H18N4OS2.C6H14O/c1-4-6-7-10(5-2)8-21-14-17-12(15)11(20-3)13(18-14)16-9-19;1-6(2)4-3-5-7/h4-7,9H,1,8H2,2-3H3,(H3,15,16,17,18,19);6-7H,3-5H2,1-2H3/b7-6-,10-5+;. The fourth-order valence-electron chi connectivity index (χ4n) is 1.93. The number of allylic oxidation sites excluding steroid dienone is 4. The highest BCUT2D eigenvalue weighted by Gasteiger charge is 2.12. The number of aromatic nitrogens is 2. The van der Waals surface area contributed by atoms with Crippen molar-refractivity contribution in [1.82, 2.24) is 9.97 Å². The summed E-state index contributed by atoms with van der Waals surface area (Å²) in [6.45, 7) is 10.3. The van der Waals surface area contributed by atoms with Gasteiger partial charge in [-0.25, -0.2) is 9.97 Å². The van der Waals surface area contributed by atoms with Crippen LogP contribution in [-0.4, -0.2) is 40.1 Å². The summed E-state index contributed by atoms with van der Waals surface area (Å²) in [5, 5.41) is 11.4. The van der Waals surface area contributed by atoms with Gasteiger partial charge in [-0.3, -0.25) is 4.79 Å². The van der Waals surface area contributed by atoms with E-state index in [-0.39, 0.29) is 0 Å². The Morgan fingerprint density at radius 3 is 2.57 bits per heavy atom. The molecule has 1 heterocycles. The minimum absolute atomic E-state index is 0.345. The lowest BCUT2D eigenvalue weighted by Crippen LogP contribution is -2.05. The van der Waals surface area contributed by atoms with Gasteiger partial charge in [-0.15, -0.1) is 11.8 Å². The number of aliphatic hydroxyl groups is 1. The molecule has 0 aliphatic carbocycles. The number of anilines is 2. The summed E-state index contributed by atoms with van der Waals surface area (Å²) in [5.74, 6) is 2.26. The number of hydrogen-bond acceptors (Lipinski definition) is 7. The maximum atomic E-state index is 10.6. The van der Waals surface area contributed by atoms with Crippen molar-refractivity contribution in [3.05, 3.63) is 36.5 Å². The Balaban J connectivity index is 0.000000887. The fraction of sp³-hybridized carbons (Fsp3) is 0.450. The van der Waals surface area contributed by atoms with Crippen LogP contribution in [-0.2, 0) is 4.79 Å². The van der Waals surface area contributed by atoms with Crippen LogP contribution >= 0.6 is 23.5 Å². The van der Waals surface area contributed by atoms with E-state index in [9.17, 15) is 4.79 Å². The monoisotopic (exact) mass is 424 g/mol. The molecular weight excluding hydrogens is 392 g/mol. The lowest BCUT2D eigenvalue weighted by atomic mass is 10.1. The zero-order chi connectivity index (χ0) is 21.4. The molecule has 1 aromatic rings. The molecule has 0 saturated carbocycles. The van der Waals surface area contributed by atoms with Crippen LogP contribution in [0.15, 0.2) is 46.5 Å². The third-order valence-electron chi connectivity index (χ3n) is 3.40. The molecule has 0 atom stereocenters. The second-order valence-corrected chi connectivity index (χ2v) is 7.80. The molecule has 0 aliphatic heterocycles. The number of rotatable bonds is 11. The van der Waals surface area contributed by atoms with Crippen molar-refractivity contribution in [3.63, 3.8) is 0 Å². The number of thioether (sulfide) groups is 2. The van der Waals surface area contributed by atoms with Gasteiger partial charge in [0.1, 0.15) is 5.82 Å². The van der Waals surface area contributed by atoms with E-state index in [0.29, 0.717) is 40.5 Å². The van der Waals surface area contributed by atoms with Crippen molar-refractivity contribution >= 4 is 41.6 Å². The number of nitrogen functional groups attached to an aromatic ring is 1. The summed E-state index contributed by atoms with van der Waals surface area (Å²) in [6, 6.07) is 0. The van der Waals surface area contributed by atoms with E-state index in [1.807, 2.05) is 31.4 Å². The van der Waals surface area contributed by atoms with Crippen LogP contribution in [0.3, 0.4) is 0 Å². The lowest BCUT2D eigenvalue weighted by molar-refractivity contribution is -0.105. The molecule has 0 aliphatic rings. The van der Waals surface area contributed by atoms with E-state index in [1.165, 1.54) is 23.5 Å². The summed E-state index contributed by atoms with van der Waals surface area (Å²) >= 11 is 2.85. The maximum absolute atomic E-state index is 10.6. The molecule has 0 radical (unpaired) electrons. The van der Waals surface area contributed by atoms with Crippen LogP contribution in [0.1, 0.15) is 33.6 Å². The van der Waals surface area contributed by atoms with Gasteiger partial charge < -0.3 is 16.2 Å². The van der Waals surface area contributed by atoms with Gasteiger partial charge in [0, 0.05) is 12.4 Å². The molecule has 156 valence electrons. The van der Waals surface area contributed by atoms with Crippen LogP contribution in [0.4, 0.5) is 11.6 Å². The molecule has 0 unspecified atom stereocenters. The van der Waals surface area contributed by atoms with E-state index in [2.05, 4.69) is 35.7 Å². The highest BCUT2D eigenvalue weighted by molar-refractivity contribution is 7.99. The smallest absolute Gasteiger partial charge is 0.212 e. The molecule has 8 heteroatoms. The average molecular weight is 425 g/mol. The summed E-state index contributed by atoms with van der Waals surface area (Å²) < 4.78 is 0. The van der Waals surface area contributed by atoms with Crippen LogP contribution in [0.2, 0.25) is 0 Å². The van der Waals surface area contributed by atoms with E-state index < -0.39 is 0 Å². The highest BCUT2D eigenvalue weighted by atomic mass is 32.2. The third-order valence-corrected chi connectivity index (χ3v) is 5.12. The van der Waals surface area contributed by atoms with Crippen molar-refractivity contribution in [2.24, 2.45) is 5.92 Å². The lowest BCUT2D eigenvalue weighted by Gasteiger charge is -2.09. The van der Waals surface area contributed by atoms with E-state index in [4.69, 9.17) is 10.8 Å². The van der Waals surface area contributed by atoms with Crippen molar-refractivity contribution < 1.29 is 9.90 Å². The topological polar surface area (TPSA) is 101 Å². The Labute approximate surface area is 177 Å². The molecule has 0 bridgehead atoms. The Bertz CT molecular complexity index is 662. The molecule has 1 amide bonds. The molecule has 4 N–H and O–H groups in total. The van der Waals surface area contributed by atoms with Crippen molar-refractivity contribution in [2.75, 3.05) is 29.7 Å². The molecule has 0 aromatic carbocycles. The largest absolute Gasteiger partial charge is 0.396 e. The molecule has 0 spiro atoms. The Hall–Kier alpha value is -1.77. The summed E-state index contributed by atoms with van der Waals surface area (Å²) in [7, 11) is 0. The summed E-state index contributed by atoms with van der Waals surface area (Å²) in [6.07, 6.45) is 12.1. The Morgan fingerprint density at radius 2 is 2.11 bits per heavy atom. The number of nitrogens with two attached hydrogens (primary N) is 1. The van der Waals surface area contributed by atoms with E-state index >= 15 is 0 Å². The van der Waals surface area contributed by atoms with Crippen molar-refractivity contribution in [3.8, 4) is 0 Å². The van der Waals surface area contributed by atoms with Crippen molar-refractivity contribution in [2.45, 2.75) is 43.7 Å². The average Bonchev–Trinajstić information content (AvgIpc) is 2.67. The van der Waals surface area contributed by atoms with E-state index in [1.54, 1.807) is 6.08 Å². The zero-order valence-electron chi connectivity index (χ0n) is 17.1. The van der Waals surface area contributed by atoms with Gasteiger partial charge in [-0.2, -0.15) is 0 Å². The van der Waals surface area contributed by atoms with Gasteiger partial charge >= 0.3 is 0 Å². The normalized spacial score (nSPS) is 11.3. The Morgan fingerprint density at radius 1 is 1.39 bits per heavy atom. The zero-order valence-corrected chi connectivity index (χ0v) is 18.8. The number of carbonyl (C=O) groups excluding carboxylic acids is 1. The molecule has 0 fully saturated rings. The number of nitrogens with one attached hydrogen (secondary N) is 1. The van der Waals surface area contributed by atoms with Gasteiger partial charge in [-0.1, -0.05) is 56.5 Å². The first-order valence-corrected chi connectivity index (χ1v) is 11.2. The molecule has 1 rings (SSSR count). The first kappa shape index (κ1) is 26.2. The van der Waals surface area contributed by atoms with Gasteiger partial charge in [0.05, 0.1) is 4.90 Å². The SMILES string of the molecule is C=C/C=C\C(=C/C)CSc1nc(N)c(SC)c(NC=O)n1.CC(C)CCCO. The van der Waals surface area contributed by atoms with Gasteiger partial charge in [0.25, 0.3) is 0 Å². The molecule has 1 aromatic heterocycles. The Kier molecular flexibility index (Phi) is 15.2. The molecule has 6 nitrogen and oxygen atoms in total. The number of hydrogen-bond donors (Lipinski definition) is 3. The molecular formula is C20H32N4O2S2. The number of aliphatic hydroxyl groups excluding tert-OH is 1. The van der Waals surface area contributed by atoms with E-state index in [0.717, 1.165) is 24.3 Å². The van der Waals surface area contributed by atoms with Crippen LogP contribution in [0.5, 0.6) is 0 Å². The molecule has 28 heavy (non-hydrogen) atoms. The third kappa shape index (κ3) is 11.2. The second-order valence-electron chi connectivity index (χ2n) is 6.04. The minimum Gasteiger partial charge on any atom is -0.396 e. The molecule has 0 saturated heterocycles. The van der Waals surface area contributed by atoms with Crippen molar-refractivity contribution in [1.29, 1.82) is 0 Å². The van der Waals surface area contributed by atoms with Gasteiger partial charge in [0.15, 0.2) is 11.0 Å². The highest BCUT2D eigenvalue weighted by Crippen LogP contribution is 2.31. The first-order valence-electron chi connectivity index (χ1n) is 9.02. The number of nitrogens with zero attached hydrogens (tertiary/aromatic N) is 2. The summed E-state index contributed by atoms with van der Waals surface area (Å²) in [4.78, 5) is 19.9. The van der Waals surface area contributed by atoms with Crippen LogP contribution in [0.25, 0.3) is 0 Å². The minimum atomic E-state index is 0.345. The predicted molar refractivity (Wildman–Crippen MR) is 123 cm³/mol. The quantitative estimate of drug-likeness (QED) is 0.207. The maximum Gasteiger partial charge on any atom is 0.212 e. The number of carbonyl (C=O) groups is 1. The van der Waals surface area contributed by atoms with Crippen LogP contribution < -0.4 is 11.1 Å². The van der Waals surface area contributed by atoms with Gasteiger partial charge in [-0.05, 0) is 37.5 Å². The van der Waals surface area contributed by atoms with Gasteiger partial charge in [0.2, 0.25) is 6.41 Å². The fourth-order valence-corrected chi connectivity index (χ4v) is 3.36. The second kappa shape index (κ2) is 16.2. The predicted octanol–water partition coefficient (Wildman–Crippen LogP) is 4.54. The summed E-state index contributed by atoms with van der Waals surface area (Å²) in [5.41, 5.74) is 7.02. The number of amides is 1.